The first-order valence-corrected chi connectivity index (χ1v) is 7.10. The van der Waals surface area contributed by atoms with Crippen LogP contribution >= 0.6 is 11.3 Å². The molecule has 4 heteroatoms. The maximum absolute atomic E-state index is 12.0. The maximum Gasteiger partial charge on any atom is 0.222 e. The van der Waals surface area contributed by atoms with Crippen molar-refractivity contribution in [3.05, 3.63) is 22.4 Å². The van der Waals surface area contributed by atoms with Gasteiger partial charge in [-0.05, 0) is 43.3 Å². The Morgan fingerprint density at radius 3 is 3.18 bits per heavy atom. The minimum absolute atomic E-state index is 0.287. The van der Waals surface area contributed by atoms with Crippen molar-refractivity contribution in [2.45, 2.75) is 19.3 Å². The Morgan fingerprint density at radius 2 is 2.53 bits per heavy atom. The second-order valence-corrected chi connectivity index (χ2v) is 5.74. The largest absolute Gasteiger partial charge is 0.345 e. The molecular weight excluding hydrogens is 232 g/mol. The zero-order chi connectivity index (χ0) is 12.1. The first-order valence-electron chi connectivity index (χ1n) is 6.23. The molecule has 1 N–H and O–H groups in total. The second-order valence-electron chi connectivity index (χ2n) is 4.71. The number of likely N-dealkylation sites (N-methyl/N-ethyl adjacent to an activating group) is 1. The highest BCUT2D eigenvalue weighted by Crippen LogP contribution is 2.14. The molecule has 0 aromatic carbocycles. The van der Waals surface area contributed by atoms with E-state index in [0.717, 1.165) is 32.5 Å². The van der Waals surface area contributed by atoms with Gasteiger partial charge < -0.3 is 10.2 Å². The lowest BCUT2D eigenvalue weighted by Crippen LogP contribution is -2.30. The van der Waals surface area contributed by atoms with Crippen LogP contribution in [0.5, 0.6) is 0 Å². The van der Waals surface area contributed by atoms with Crippen LogP contribution in [0.15, 0.2) is 17.5 Å². The third-order valence-corrected chi connectivity index (χ3v) is 4.26. The zero-order valence-corrected chi connectivity index (χ0v) is 11.1. The molecule has 1 aromatic rings. The van der Waals surface area contributed by atoms with Crippen molar-refractivity contribution >= 4 is 17.2 Å². The van der Waals surface area contributed by atoms with Crippen LogP contribution in [-0.2, 0) is 11.2 Å². The molecule has 2 heterocycles. The van der Waals surface area contributed by atoms with Gasteiger partial charge >= 0.3 is 0 Å². The minimum Gasteiger partial charge on any atom is -0.345 e. The first kappa shape index (κ1) is 12.6. The molecule has 0 saturated carbocycles. The van der Waals surface area contributed by atoms with Crippen LogP contribution in [0.1, 0.15) is 17.7 Å². The van der Waals surface area contributed by atoms with E-state index in [9.17, 15) is 4.79 Å². The molecule has 1 atom stereocenters. The van der Waals surface area contributed by atoms with Gasteiger partial charge in [-0.15, -0.1) is 11.3 Å². The molecule has 0 aliphatic carbocycles. The Balaban J connectivity index is 1.71. The van der Waals surface area contributed by atoms with E-state index >= 15 is 0 Å². The lowest BCUT2D eigenvalue weighted by molar-refractivity contribution is -0.130. The van der Waals surface area contributed by atoms with E-state index in [1.54, 1.807) is 11.3 Å². The van der Waals surface area contributed by atoms with Crippen molar-refractivity contribution in [3.8, 4) is 0 Å². The highest BCUT2D eigenvalue weighted by molar-refractivity contribution is 7.09. The van der Waals surface area contributed by atoms with Crippen molar-refractivity contribution in [1.29, 1.82) is 0 Å². The summed E-state index contributed by atoms with van der Waals surface area (Å²) in [5.74, 6) is 0.835. The molecule has 1 aliphatic heterocycles. The number of hydrogen-bond donors (Lipinski definition) is 1. The van der Waals surface area contributed by atoms with Gasteiger partial charge in [-0.1, -0.05) is 6.07 Å². The average molecular weight is 252 g/mol. The molecule has 1 aromatic heterocycles. The van der Waals surface area contributed by atoms with E-state index < -0.39 is 0 Å². The Bertz CT molecular complexity index is 344. The summed E-state index contributed by atoms with van der Waals surface area (Å²) < 4.78 is 0. The number of carbonyl (C=O) groups excluding carboxylic acids is 1. The molecule has 1 unspecified atom stereocenters. The predicted molar refractivity (Wildman–Crippen MR) is 71.3 cm³/mol. The Labute approximate surface area is 107 Å². The number of carbonyl (C=O) groups is 1. The molecule has 0 radical (unpaired) electrons. The van der Waals surface area contributed by atoms with Gasteiger partial charge in [0.25, 0.3) is 0 Å². The monoisotopic (exact) mass is 252 g/mol. The fourth-order valence-corrected chi connectivity index (χ4v) is 2.85. The summed E-state index contributed by atoms with van der Waals surface area (Å²) in [6, 6.07) is 4.19. The van der Waals surface area contributed by atoms with E-state index in [4.69, 9.17) is 0 Å². The summed E-state index contributed by atoms with van der Waals surface area (Å²) in [7, 11) is 1.92. The molecule has 1 saturated heterocycles. The Morgan fingerprint density at radius 1 is 1.65 bits per heavy atom. The van der Waals surface area contributed by atoms with E-state index in [0.29, 0.717) is 12.3 Å². The summed E-state index contributed by atoms with van der Waals surface area (Å²) in [5.41, 5.74) is 0. The van der Waals surface area contributed by atoms with Gasteiger partial charge in [-0.25, -0.2) is 0 Å². The number of amides is 1. The lowest BCUT2D eigenvalue weighted by atomic mass is 10.0. The maximum atomic E-state index is 12.0. The molecule has 0 bridgehead atoms. The predicted octanol–water partition coefficient (Wildman–Crippen LogP) is 1.75. The van der Waals surface area contributed by atoms with Crippen molar-refractivity contribution in [1.82, 2.24) is 10.2 Å². The summed E-state index contributed by atoms with van der Waals surface area (Å²) >= 11 is 1.76. The van der Waals surface area contributed by atoms with Crippen LogP contribution in [0.4, 0.5) is 0 Å². The summed E-state index contributed by atoms with van der Waals surface area (Å²) in [6.07, 6.45) is 2.82. The summed E-state index contributed by atoms with van der Waals surface area (Å²) in [5, 5.41) is 5.39. The molecule has 0 spiro atoms. The number of hydrogen-bond acceptors (Lipinski definition) is 3. The van der Waals surface area contributed by atoms with Crippen LogP contribution in [0.2, 0.25) is 0 Å². The zero-order valence-electron chi connectivity index (χ0n) is 10.3. The molecule has 1 aliphatic rings. The van der Waals surface area contributed by atoms with Gasteiger partial charge in [-0.2, -0.15) is 0 Å². The molecule has 1 amide bonds. The quantitative estimate of drug-likeness (QED) is 0.866. The number of nitrogens with zero attached hydrogens (tertiary/aromatic N) is 1. The van der Waals surface area contributed by atoms with E-state index in [-0.39, 0.29) is 5.91 Å². The highest BCUT2D eigenvalue weighted by Gasteiger charge is 2.19. The third kappa shape index (κ3) is 3.82. The van der Waals surface area contributed by atoms with Gasteiger partial charge in [0.1, 0.15) is 0 Å². The Kier molecular flexibility index (Phi) is 4.57. The normalized spacial score (nSPS) is 19.5. The molecular formula is C13H20N2OS. The standard InChI is InChI=1S/C13H20N2OS/c1-15(7-5-12-3-2-8-17-12)13(16)9-11-4-6-14-10-11/h2-3,8,11,14H,4-7,9-10H2,1H3. The van der Waals surface area contributed by atoms with Gasteiger partial charge in [0.05, 0.1) is 0 Å². The third-order valence-electron chi connectivity index (χ3n) is 3.33. The van der Waals surface area contributed by atoms with Crippen LogP contribution < -0.4 is 5.32 Å². The van der Waals surface area contributed by atoms with Gasteiger partial charge in [0, 0.05) is 24.9 Å². The van der Waals surface area contributed by atoms with Crippen LogP contribution in [0.25, 0.3) is 0 Å². The molecule has 2 rings (SSSR count). The molecule has 94 valence electrons. The average Bonchev–Trinajstić information content (AvgIpc) is 2.98. The van der Waals surface area contributed by atoms with E-state index in [2.05, 4.69) is 22.8 Å². The number of thiophene rings is 1. The fraction of sp³-hybridized carbons (Fsp3) is 0.615. The highest BCUT2D eigenvalue weighted by atomic mass is 32.1. The van der Waals surface area contributed by atoms with Crippen molar-refractivity contribution in [3.63, 3.8) is 0 Å². The molecule has 3 nitrogen and oxygen atoms in total. The fourth-order valence-electron chi connectivity index (χ4n) is 2.15. The summed E-state index contributed by atoms with van der Waals surface area (Å²) in [4.78, 5) is 15.2. The molecule has 1 fully saturated rings. The smallest absolute Gasteiger partial charge is 0.222 e. The number of rotatable bonds is 5. The number of nitrogens with one attached hydrogen (secondary N) is 1. The lowest BCUT2D eigenvalue weighted by Gasteiger charge is -2.18. The topological polar surface area (TPSA) is 32.3 Å². The van der Waals surface area contributed by atoms with Crippen molar-refractivity contribution in [2.75, 3.05) is 26.7 Å². The minimum atomic E-state index is 0.287. The van der Waals surface area contributed by atoms with Crippen molar-refractivity contribution < 1.29 is 4.79 Å². The van der Waals surface area contributed by atoms with Gasteiger partial charge in [0.15, 0.2) is 0 Å². The van der Waals surface area contributed by atoms with E-state index in [1.807, 2.05) is 11.9 Å². The summed E-state index contributed by atoms with van der Waals surface area (Å²) in [6.45, 7) is 2.90. The van der Waals surface area contributed by atoms with Crippen LogP contribution in [0.3, 0.4) is 0 Å². The van der Waals surface area contributed by atoms with E-state index in [1.165, 1.54) is 4.88 Å². The SMILES string of the molecule is CN(CCc1cccs1)C(=O)CC1CCNC1. The van der Waals surface area contributed by atoms with Crippen LogP contribution in [0, 0.1) is 5.92 Å². The molecule has 17 heavy (non-hydrogen) atoms. The van der Waals surface area contributed by atoms with Gasteiger partial charge in [0.2, 0.25) is 5.91 Å². The van der Waals surface area contributed by atoms with Gasteiger partial charge in [-0.3, -0.25) is 4.79 Å². The van der Waals surface area contributed by atoms with Crippen LogP contribution in [-0.4, -0.2) is 37.5 Å². The second kappa shape index (κ2) is 6.17. The van der Waals surface area contributed by atoms with Crippen molar-refractivity contribution in [2.24, 2.45) is 5.92 Å². The Hall–Kier alpha value is -0.870. The first-order chi connectivity index (χ1) is 8.25.